The Morgan fingerprint density at radius 1 is 1.09 bits per heavy atom. The summed E-state index contributed by atoms with van der Waals surface area (Å²) in [4.78, 5) is 5.21. The normalized spacial score (nSPS) is 26.0. The molecule has 2 aliphatic heterocycles. The largest absolute Gasteiger partial charge is 0.375 e. The lowest BCUT2D eigenvalue weighted by Crippen LogP contribution is -2.34. The standard InChI is InChI=1S/C18H27ClN2O/c1-14(2)21-11-16-9-20(10-17(16)12-21)7-8-22-13-15-3-5-18(19)6-4-15/h3-6,14,16-17H,7-13H2,1-2H3/t16-,17+. The smallest absolute Gasteiger partial charge is 0.0717 e. The molecule has 0 N–H and O–H groups in total. The second-order valence-corrected chi connectivity index (χ2v) is 7.44. The van der Waals surface area contributed by atoms with Crippen LogP contribution in [0.25, 0.3) is 0 Å². The molecule has 0 aliphatic carbocycles. The minimum absolute atomic E-state index is 0.680. The Morgan fingerprint density at radius 2 is 1.73 bits per heavy atom. The molecule has 3 rings (SSSR count). The summed E-state index contributed by atoms with van der Waals surface area (Å²) >= 11 is 5.88. The third-order valence-corrected chi connectivity index (χ3v) is 5.31. The minimum atomic E-state index is 0.680. The van der Waals surface area contributed by atoms with Gasteiger partial charge in [-0.15, -0.1) is 0 Å². The number of rotatable bonds is 6. The van der Waals surface area contributed by atoms with E-state index >= 15 is 0 Å². The quantitative estimate of drug-likeness (QED) is 0.748. The van der Waals surface area contributed by atoms with Crippen LogP contribution >= 0.6 is 11.6 Å². The van der Waals surface area contributed by atoms with Crippen molar-refractivity contribution in [3.63, 3.8) is 0 Å². The zero-order chi connectivity index (χ0) is 15.5. The first-order valence-corrected chi connectivity index (χ1v) is 8.78. The van der Waals surface area contributed by atoms with Crippen LogP contribution in [0.5, 0.6) is 0 Å². The Bertz CT molecular complexity index is 462. The van der Waals surface area contributed by atoms with Gasteiger partial charge in [-0.25, -0.2) is 0 Å². The summed E-state index contributed by atoms with van der Waals surface area (Å²) < 4.78 is 5.81. The average molecular weight is 323 g/mol. The predicted octanol–water partition coefficient (Wildman–Crippen LogP) is 3.13. The monoisotopic (exact) mass is 322 g/mol. The van der Waals surface area contributed by atoms with Crippen LogP contribution in [0.4, 0.5) is 0 Å². The number of benzene rings is 1. The molecule has 1 aromatic rings. The van der Waals surface area contributed by atoms with Gasteiger partial charge in [-0.2, -0.15) is 0 Å². The zero-order valence-corrected chi connectivity index (χ0v) is 14.4. The molecule has 0 spiro atoms. The number of nitrogens with zero attached hydrogens (tertiary/aromatic N) is 2. The Kier molecular flexibility index (Phi) is 5.40. The zero-order valence-electron chi connectivity index (χ0n) is 13.7. The average Bonchev–Trinajstić information content (AvgIpc) is 3.04. The molecule has 3 nitrogen and oxygen atoms in total. The fraction of sp³-hybridized carbons (Fsp3) is 0.667. The number of ether oxygens (including phenoxy) is 1. The van der Waals surface area contributed by atoms with Crippen molar-refractivity contribution in [3.05, 3.63) is 34.9 Å². The van der Waals surface area contributed by atoms with Crippen molar-refractivity contribution in [2.75, 3.05) is 39.3 Å². The summed E-state index contributed by atoms with van der Waals surface area (Å²) in [5, 5.41) is 0.780. The first-order chi connectivity index (χ1) is 10.6. The van der Waals surface area contributed by atoms with Crippen molar-refractivity contribution in [1.82, 2.24) is 9.80 Å². The summed E-state index contributed by atoms with van der Waals surface area (Å²) in [5.74, 6) is 1.75. The maximum Gasteiger partial charge on any atom is 0.0717 e. The van der Waals surface area contributed by atoms with Gasteiger partial charge in [-0.1, -0.05) is 23.7 Å². The third kappa shape index (κ3) is 4.02. The van der Waals surface area contributed by atoms with Crippen LogP contribution in [-0.2, 0) is 11.3 Å². The van der Waals surface area contributed by atoms with E-state index in [1.165, 1.54) is 31.7 Å². The van der Waals surface area contributed by atoms with Crippen molar-refractivity contribution in [1.29, 1.82) is 0 Å². The van der Waals surface area contributed by atoms with Gasteiger partial charge in [0.1, 0.15) is 0 Å². The number of halogens is 1. The van der Waals surface area contributed by atoms with Gasteiger partial charge in [0, 0.05) is 43.8 Å². The van der Waals surface area contributed by atoms with Crippen LogP contribution in [0.15, 0.2) is 24.3 Å². The van der Waals surface area contributed by atoms with E-state index in [1.54, 1.807) is 0 Å². The van der Waals surface area contributed by atoms with E-state index in [0.29, 0.717) is 12.6 Å². The first kappa shape index (κ1) is 16.3. The minimum Gasteiger partial charge on any atom is -0.375 e. The molecule has 22 heavy (non-hydrogen) atoms. The first-order valence-electron chi connectivity index (χ1n) is 8.40. The van der Waals surface area contributed by atoms with Crippen molar-refractivity contribution in [2.24, 2.45) is 11.8 Å². The van der Waals surface area contributed by atoms with Gasteiger partial charge in [-0.3, -0.25) is 0 Å². The van der Waals surface area contributed by atoms with Gasteiger partial charge in [0.2, 0.25) is 0 Å². The molecule has 4 heteroatoms. The van der Waals surface area contributed by atoms with E-state index < -0.39 is 0 Å². The van der Waals surface area contributed by atoms with E-state index in [-0.39, 0.29) is 0 Å². The molecule has 2 heterocycles. The molecule has 0 aromatic heterocycles. The van der Waals surface area contributed by atoms with Gasteiger partial charge in [0.25, 0.3) is 0 Å². The second kappa shape index (κ2) is 7.31. The molecule has 0 unspecified atom stereocenters. The lowest BCUT2D eigenvalue weighted by molar-refractivity contribution is 0.0951. The summed E-state index contributed by atoms with van der Waals surface area (Å²) in [6, 6.07) is 8.60. The van der Waals surface area contributed by atoms with Crippen LogP contribution in [0.2, 0.25) is 5.02 Å². The van der Waals surface area contributed by atoms with Gasteiger partial charge < -0.3 is 14.5 Å². The highest BCUT2D eigenvalue weighted by Gasteiger charge is 2.40. The van der Waals surface area contributed by atoms with Crippen LogP contribution in [-0.4, -0.2) is 55.2 Å². The molecule has 122 valence electrons. The number of likely N-dealkylation sites (tertiary alicyclic amines) is 2. The molecule has 2 fully saturated rings. The molecule has 0 amide bonds. The Hall–Kier alpha value is -0.610. The molecule has 1 aromatic carbocycles. The maximum absolute atomic E-state index is 5.88. The van der Waals surface area contributed by atoms with Crippen LogP contribution in [0.1, 0.15) is 19.4 Å². The molecule has 2 aliphatic rings. The molecule has 0 radical (unpaired) electrons. The van der Waals surface area contributed by atoms with Crippen LogP contribution < -0.4 is 0 Å². The fourth-order valence-corrected chi connectivity index (χ4v) is 3.82. The van der Waals surface area contributed by atoms with Gasteiger partial charge in [0.05, 0.1) is 13.2 Å². The van der Waals surface area contributed by atoms with E-state index in [4.69, 9.17) is 16.3 Å². The van der Waals surface area contributed by atoms with Crippen LogP contribution in [0, 0.1) is 11.8 Å². The van der Waals surface area contributed by atoms with Gasteiger partial charge >= 0.3 is 0 Å². The molecule has 2 atom stereocenters. The number of fused-ring (bicyclic) bond motifs is 1. The molecule has 2 saturated heterocycles. The highest BCUT2D eigenvalue weighted by atomic mass is 35.5. The van der Waals surface area contributed by atoms with E-state index in [9.17, 15) is 0 Å². The van der Waals surface area contributed by atoms with E-state index in [0.717, 1.165) is 30.0 Å². The summed E-state index contributed by atoms with van der Waals surface area (Å²) in [6.07, 6.45) is 0. The topological polar surface area (TPSA) is 15.7 Å². The van der Waals surface area contributed by atoms with Crippen molar-refractivity contribution >= 4 is 11.6 Å². The maximum atomic E-state index is 5.88. The summed E-state index contributed by atoms with van der Waals surface area (Å²) in [7, 11) is 0. The third-order valence-electron chi connectivity index (χ3n) is 5.05. The Morgan fingerprint density at radius 3 is 2.32 bits per heavy atom. The lowest BCUT2D eigenvalue weighted by atomic mass is 10.0. The molecular formula is C18H27ClN2O. The summed E-state index contributed by atoms with van der Waals surface area (Å²) in [5.41, 5.74) is 1.19. The molecule has 0 saturated carbocycles. The highest BCUT2D eigenvalue weighted by Crippen LogP contribution is 2.31. The number of hydrogen-bond donors (Lipinski definition) is 0. The van der Waals surface area contributed by atoms with Gasteiger partial charge in [-0.05, 0) is 43.4 Å². The predicted molar refractivity (Wildman–Crippen MR) is 91.2 cm³/mol. The van der Waals surface area contributed by atoms with Crippen molar-refractivity contribution in [3.8, 4) is 0 Å². The summed E-state index contributed by atoms with van der Waals surface area (Å²) in [6.45, 7) is 12.2. The van der Waals surface area contributed by atoms with Crippen LogP contribution in [0.3, 0.4) is 0 Å². The lowest BCUT2D eigenvalue weighted by Gasteiger charge is -2.24. The highest BCUT2D eigenvalue weighted by molar-refractivity contribution is 6.30. The Labute approximate surface area is 139 Å². The van der Waals surface area contributed by atoms with E-state index in [1.807, 2.05) is 24.3 Å². The van der Waals surface area contributed by atoms with Gasteiger partial charge in [0.15, 0.2) is 0 Å². The molecular weight excluding hydrogens is 296 g/mol. The fourth-order valence-electron chi connectivity index (χ4n) is 3.70. The second-order valence-electron chi connectivity index (χ2n) is 7.01. The van der Waals surface area contributed by atoms with Crippen molar-refractivity contribution in [2.45, 2.75) is 26.5 Å². The molecule has 0 bridgehead atoms. The number of hydrogen-bond acceptors (Lipinski definition) is 3. The van der Waals surface area contributed by atoms with Crippen molar-refractivity contribution < 1.29 is 4.74 Å². The Balaban J connectivity index is 1.34. The SMILES string of the molecule is CC(C)N1C[C@H]2CN(CCOCc3ccc(Cl)cc3)C[C@H]2C1. The van der Waals surface area contributed by atoms with E-state index in [2.05, 4.69) is 23.6 Å².